The van der Waals surface area contributed by atoms with Crippen molar-refractivity contribution in [3.63, 3.8) is 0 Å². The number of rotatable bonds is 4. The Kier molecular flexibility index (Phi) is 6.72. The summed E-state index contributed by atoms with van der Waals surface area (Å²) in [7, 11) is 0. The first-order valence-corrected chi connectivity index (χ1v) is 8.15. The second-order valence-electron chi connectivity index (χ2n) is 4.94. The lowest BCUT2D eigenvalue weighted by atomic mass is 10.0. The van der Waals surface area contributed by atoms with E-state index in [9.17, 15) is 4.79 Å². The van der Waals surface area contributed by atoms with Gasteiger partial charge in [-0.05, 0) is 35.5 Å². The highest BCUT2D eigenvalue weighted by Gasteiger charge is 2.11. The van der Waals surface area contributed by atoms with E-state index in [0.29, 0.717) is 15.9 Å². The van der Waals surface area contributed by atoms with Gasteiger partial charge in [0.05, 0.1) is 20.9 Å². The van der Waals surface area contributed by atoms with Gasteiger partial charge in [-0.3, -0.25) is 0 Å². The van der Waals surface area contributed by atoms with Gasteiger partial charge in [0.25, 0.3) is 0 Å². The zero-order valence-electron chi connectivity index (χ0n) is 13.6. The lowest BCUT2D eigenvalue weighted by Crippen LogP contribution is -1.95. The molecule has 1 aromatic heterocycles. The molecule has 26 heavy (non-hydrogen) atoms. The quantitative estimate of drug-likeness (QED) is 0.584. The molecular formula is C19H15Cl2N3O2. The van der Waals surface area contributed by atoms with Crippen molar-refractivity contribution in [3.05, 3.63) is 78.2 Å². The predicted molar refractivity (Wildman–Crippen MR) is 107 cm³/mol. The summed E-state index contributed by atoms with van der Waals surface area (Å²) in [6.07, 6.45) is 3.94. The minimum atomic E-state index is -0.981. The fourth-order valence-electron chi connectivity index (χ4n) is 2.22. The zero-order valence-corrected chi connectivity index (χ0v) is 15.1. The molecule has 5 nitrogen and oxygen atoms in total. The molecule has 3 rings (SSSR count). The number of nitrogens with zero attached hydrogens (tertiary/aromatic N) is 2. The third-order valence-corrected chi connectivity index (χ3v) is 4.05. The van der Waals surface area contributed by atoms with Crippen LogP contribution in [0, 0.1) is 0 Å². The number of nitrogens with one attached hydrogen (secondary N) is 1. The molecule has 7 heteroatoms. The van der Waals surface area contributed by atoms with Crippen molar-refractivity contribution in [3.8, 4) is 11.1 Å². The van der Waals surface area contributed by atoms with Gasteiger partial charge in [-0.25, -0.2) is 14.8 Å². The molecule has 2 aromatic carbocycles. The number of carboxylic acids is 1. The summed E-state index contributed by atoms with van der Waals surface area (Å²) in [4.78, 5) is 17.8. The molecular weight excluding hydrogens is 373 g/mol. The molecule has 0 unspecified atom stereocenters. The first-order valence-electron chi connectivity index (χ1n) is 7.40. The number of aromatic nitrogens is 2. The Morgan fingerprint density at radius 1 is 1.12 bits per heavy atom. The largest absolute Gasteiger partial charge is 0.478 e. The van der Waals surface area contributed by atoms with E-state index in [1.54, 1.807) is 12.3 Å². The predicted octanol–water partition coefficient (Wildman–Crippen LogP) is 5.42. The first-order chi connectivity index (χ1) is 12.5. The Bertz CT molecular complexity index is 969. The van der Waals surface area contributed by atoms with E-state index in [4.69, 9.17) is 28.3 Å². The molecule has 0 radical (unpaired) electrons. The van der Waals surface area contributed by atoms with E-state index >= 15 is 0 Å². The monoisotopic (exact) mass is 387 g/mol. The van der Waals surface area contributed by atoms with Crippen molar-refractivity contribution in [2.24, 2.45) is 0 Å². The number of halogens is 2. The van der Waals surface area contributed by atoms with Crippen molar-refractivity contribution in [1.82, 2.24) is 9.97 Å². The topological polar surface area (TPSA) is 75.1 Å². The minimum Gasteiger partial charge on any atom is -0.478 e. The highest BCUT2D eigenvalue weighted by Crippen LogP contribution is 2.34. The van der Waals surface area contributed by atoms with Crippen molar-refractivity contribution in [2.45, 2.75) is 0 Å². The standard InChI is InChI=1S/C16H11Cl2N3.C3H4O2/c1-2-19-16-15-11(4-3-5-14(15)20-9-21-16)10-6-7-12(17)13(18)8-10;1-2-3(4)5/h2-9H,1H2,(H,19,20,21);2H,1H2,(H,4,5). The number of hydrogen-bond donors (Lipinski definition) is 2. The average Bonchev–Trinajstić information content (AvgIpc) is 2.64. The SMILES string of the molecule is C=CC(=O)O.C=CNc1ncnc2cccc(-c3ccc(Cl)c(Cl)c3)c12. The van der Waals surface area contributed by atoms with Crippen molar-refractivity contribution >= 4 is 45.9 Å². The van der Waals surface area contributed by atoms with Crippen LogP contribution in [0.4, 0.5) is 5.82 Å². The molecule has 1 heterocycles. The maximum Gasteiger partial charge on any atom is 0.327 e. The number of anilines is 1. The molecule has 0 aliphatic heterocycles. The maximum absolute atomic E-state index is 9.25. The number of carboxylic acid groups (broad SMARTS) is 1. The Labute approximate surface area is 160 Å². The van der Waals surface area contributed by atoms with Gasteiger partial charge in [-0.2, -0.15) is 0 Å². The summed E-state index contributed by atoms with van der Waals surface area (Å²) >= 11 is 12.1. The second kappa shape index (κ2) is 8.99. The van der Waals surface area contributed by atoms with Crippen molar-refractivity contribution < 1.29 is 9.90 Å². The van der Waals surface area contributed by atoms with Gasteiger partial charge in [-0.15, -0.1) is 0 Å². The van der Waals surface area contributed by atoms with Crippen LogP contribution in [0.25, 0.3) is 22.0 Å². The molecule has 0 saturated heterocycles. The van der Waals surface area contributed by atoms with Gasteiger partial charge in [0.1, 0.15) is 12.1 Å². The van der Waals surface area contributed by atoms with Crippen molar-refractivity contribution in [2.75, 3.05) is 5.32 Å². The molecule has 3 aromatic rings. The van der Waals surface area contributed by atoms with Gasteiger partial charge in [0, 0.05) is 6.08 Å². The summed E-state index contributed by atoms with van der Waals surface area (Å²) in [6, 6.07) is 11.4. The smallest absolute Gasteiger partial charge is 0.327 e. The highest BCUT2D eigenvalue weighted by atomic mass is 35.5. The molecule has 0 aliphatic carbocycles. The van der Waals surface area contributed by atoms with Gasteiger partial charge >= 0.3 is 5.97 Å². The molecule has 132 valence electrons. The van der Waals surface area contributed by atoms with Gasteiger partial charge in [0.2, 0.25) is 0 Å². The highest BCUT2D eigenvalue weighted by molar-refractivity contribution is 6.42. The number of hydrogen-bond acceptors (Lipinski definition) is 4. The Balaban J connectivity index is 0.000000431. The van der Waals surface area contributed by atoms with E-state index in [-0.39, 0.29) is 0 Å². The molecule has 0 aliphatic rings. The van der Waals surface area contributed by atoms with Crippen LogP contribution in [-0.2, 0) is 4.79 Å². The van der Waals surface area contributed by atoms with E-state index in [0.717, 1.165) is 28.1 Å². The van der Waals surface area contributed by atoms with Crippen molar-refractivity contribution in [1.29, 1.82) is 0 Å². The Hall–Kier alpha value is -2.89. The summed E-state index contributed by atoms with van der Waals surface area (Å²) in [6.45, 7) is 6.64. The summed E-state index contributed by atoms with van der Waals surface area (Å²) in [5.41, 5.74) is 2.78. The van der Waals surface area contributed by atoms with Crippen LogP contribution in [-0.4, -0.2) is 21.0 Å². The van der Waals surface area contributed by atoms with Crippen LogP contribution in [0.2, 0.25) is 10.0 Å². The van der Waals surface area contributed by atoms with Crippen LogP contribution in [0.5, 0.6) is 0 Å². The molecule has 2 N–H and O–H groups in total. The average molecular weight is 388 g/mol. The number of fused-ring (bicyclic) bond motifs is 1. The van der Waals surface area contributed by atoms with Crippen LogP contribution >= 0.6 is 23.2 Å². The fraction of sp³-hybridized carbons (Fsp3) is 0. The molecule has 0 bridgehead atoms. The lowest BCUT2D eigenvalue weighted by Gasteiger charge is -2.10. The molecule has 0 saturated carbocycles. The van der Waals surface area contributed by atoms with Gasteiger partial charge in [0.15, 0.2) is 0 Å². The zero-order chi connectivity index (χ0) is 19.1. The summed E-state index contributed by atoms with van der Waals surface area (Å²) < 4.78 is 0. The maximum atomic E-state index is 9.25. The summed E-state index contributed by atoms with van der Waals surface area (Å²) in [5, 5.41) is 12.6. The van der Waals surface area contributed by atoms with Crippen LogP contribution in [0.1, 0.15) is 0 Å². The molecule has 0 atom stereocenters. The fourth-order valence-corrected chi connectivity index (χ4v) is 2.52. The molecule has 0 spiro atoms. The Morgan fingerprint density at radius 2 is 1.85 bits per heavy atom. The first kappa shape index (κ1) is 19.4. The van der Waals surface area contributed by atoms with Gasteiger partial charge in [-0.1, -0.05) is 54.6 Å². The van der Waals surface area contributed by atoms with E-state index in [2.05, 4.69) is 28.4 Å². The van der Waals surface area contributed by atoms with E-state index in [1.165, 1.54) is 6.33 Å². The number of benzene rings is 2. The molecule has 0 amide bonds. The Morgan fingerprint density at radius 3 is 2.46 bits per heavy atom. The normalized spacial score (nSPS) is 9.77. The van der Waals surface area contributed by atoms with Crippen LogP contribution in [0.15, 0.2) is 68.2 Å². The second-order valence-corrected chi connectivity index (χ2v) is 5.76. The minimum absolute atomic E-state index is 0.515. The third kappa shape index (κ3) is 4.59. The number of carbonyl (C=O) groups is 1. The van der Waals surface area contributed by atoms with E-state index < -0.39 is 5.97 Å². The van der Waals surface area contributed by atoms with E-state index in [1.807, 2.05) is 30.3 Å². The molecule has 0 fully saturated rings. The van der Waals surface area contributed by atoms with Crippen LogP contribution in [0.3, 0.4) is 0 Å². The lowest BCUT2D eigenvalue weighted by molar-refractivity contribution is -0.131. The third-order valence-electron chi connectivity index (χ3n) is 3.31. The summed E-state index contributed by atoms with van der Waals surface area (Å²) in [5.74, 6) is -0.276. The number of aliphatic carboxylic acids is 1. The van der Waals surface area contributed by atoms with Gasteiger partial charge < -0.3 is 10.4 Å². The van der Waals surface area contributed by atoms with Crippen LogP contribution < -0.4 is 5.32 Å².